The minimum absolute atomic E-state index is 0.0474. The lowest BCUT2D eigenvalue weighted by atomic mass is 10.1. The number of aromatic nitrogens is 5. The first-order valence-corrected chi connectivity index (χ1v) is 10.2. The summed E-state index contributed by atoms with van der Waals surface area (Å²) in [7, 11) is 0. The summed E-state index contributed by atoms with van der Waals surface area (Å²) in [5.74, 6) is 0.725. The number of rotatable bonds is 8. The van der Waals surface area contributed by atoms with Gasteiger partial charge in [-0.2, -0.15) is 10.2 Å². The maximum atomic E-state index is 13.0. The highest BCUT2D eigenvalue weighted by Crippen LogP contribution is 2.40. The fourth-order valence-corrected chi connectivity index (χ4v) is 3.53. The number of fused-ring (bicyclic) bond motifs is 1. The second-order valence-corrected chi connectivity index (χ2v) is 7.97. The van der Waals surface area contributed by atoms with Gasteiger partial charge in [0.2, 0.25) is 0 Å². The molecule has 4 rings (SSSR count). The van der Waals surface area contributed by atoms with Crippen molar-refractivity contribution in [2.24, 2.45) is 5.92 Å². The summed E-state index contributed by atoms with van der Waals surface area (Å²) in [5, 5.41) is 12.8. The molecule has 1 aliphatic rings. The van der Waals surface area contributed by atoms with Crippen LogP contribution in [-0.2, 0) is 13.1 Å². The van der Waals surface area contributed by atoms with Crippen LogP contribution in [0, 0.1) is 12.8 Å². The Kier molecular flexibility index (Phi) is 5.15. The highest BCUT2D eigenvalue weighted by molar-refractivity contribution is 6.05. The smallest absolute Gasteiger partial charge is 0.252 e. The monoisotopic (exact) mass is 380 g/mol. The number of amides is 1. The van der Waals surface area contributed by atoms with E-state index in [-0.39, 0.29) is 11.8 Å². The van der Waals surface area contributed by atoms with Crippen molar-refractivity contribution in [3.05, 3.63) is 41.5 Å². The number of pyridine rings is 1. The summed E-state index contributed by atoms with van der Waals surface area (Å²) in [4.78, 5) is 17.8. The predicted octanol–water partition coefficient (Wildman–Crippen LogP) is 3.29. The highest BCUT2D eigenvalue weighted by Gasteiger charge is 2.28. The van der Waals surface area contributed by atoms with E-state index in [1.54, 1.807) is 6.20 Å². The molecule has 28 heavy (non-hydrogen) atoms. The van der Waals surface area contributed by atoms with Crippen molar-refractivity contribution in [2.75, 3.05) is 6.54 Å². The summed E-state index contributed by atoms with van der Waals surface area (Å²) in [6.45, 7) is 8.41. The fourth-order valence-electron chi connectivity index (χ4n) is 3.53. The first-order chi connectivity index (χ1) is 13.5. The van der Waals surface area contributed by atoms with E-state index in [1.807, 2.05) is 34.6 Å². The van der Waals surface area contributed by atoms with Gasteiger partial charge >= 0.3 is 0 Å². The molecule has 1 saturated carbocycles. The molecular weight excluding hydrogens is 352 g/mol. The maximum Gasteiger partial charge on any atom is 0.252 e. The minimum Gasteiger partial charge on any atom is -0.352 e. The molecule has 148 valence electrons. The Morgan fingerprint density at radius 3 is 2.89 bits per heavy atom. The lowest BCUT2D eigenvalue weighted by molar-refractivity contribution is 0.0948. The average molecular weight is 380 g/mol. The number of carbonyl (C=O) groups excluding carboxylic acids is 1. The molecule has 1 amide bonds. The number of carbonyl (C=O) groups is 1. The molecule has 0 aliphatic heterocycles. The van der Waals surface area contributed by atoms with Crippen molar-refractivity contribution >= 4 is 16.9 Å². The van der Waals surface area contributed by atoms with Crippen LogP contribution in [0.25, 0.3) is 11.0 Å². The van der Waals surface area contributed by atoms with Crippen molar-refractivity contribution in [3.8, 4) is 0 Å². The van der Waals surface area contributed by atoms with Crippen LogP contribution in [0.3, 0.4) is 0 Å². The normalized spacial score (nSPS) is 15.1. The number of hydrogen-bond donors (Lipinski definition) is 1. The van der Waals surface area contributed by atoms with Crippen LogP contribution < -0.4 is 5.32 Å². The number of nitrogens with zero attached hydrogens (tertiary/aromatic N) is 5. The minimum atomic E-state index is -0.0474. The van der Waals surface area contributed by atoms with Gasteiger partial charge in [-0.15, -0.1) is 0 Å². The molecule has 1 atom stereocenters. The molecule has 7 nitrogen and oxygen atoms in total. The van der Waals surface area contributed by atoms with Gasteiger partial charge in [-0.1, -0.05) is 13.8 Å². The van der Waals surface area contributed by atoms with Crippen molar-refractivity contribution in [3.63, 3.8) is 0 Å². The standard InChI is InChI=1S/C21H28N6O/c1-4-8-27-20-18(12-23-27)17(10-19(24-20)16-5-6-16)21(28)22-11-14(2)13-26-9-7-15(3)25-26/h7,9-10,12,14,16H,4-6,8,11,13H2,1-3H3,(H,22,28)/t14-/m1/s1. The van der Waals surface area contributed by atoms with Crippen molar-refractivity contribution in [1.29, 1.82) is 0 Å². The number of nitrogens with one attached hydrogen (secondary N) is 1. The van der Waals surface area contributed by atoms with Gasteiger partial charge in [0.15, 0.2) is 5.65 Å². The molecule has 0 saturated heterocycles. The Labute approximate surface area is 165 Å². The second kappa shape index (κ2) is 7.73. The van der Waals surface area contributed by atoms with Gasteiger partial charge in [-0.3, -0.25) is 9.48 Å². The summed E-state index contributed by atoms with van der Waals surface area (Å²) >= 11 is 0. The maximum absolute atomic E-state index is 13.0. The van der Waals surface area contributed by atoms with Gasteiger partial charge < -0.3 is 5.32 Å². The first kappa shape index (κ1) is 18.7. The summed E-state index contributed by atoms with van der Waals surface area (Å²) < 4.78 is 3.84. The van der Waals surface area contributed by atoms with Crippen LogP contribution in [0.2, 0.25) is 0 Å². The molecule has 0 bridgehead atoms. The van der Waals surface area contributed by atoms with E-state index in [9.17, 15) is 4.79 Å². The summed E-state index contributed by atoms with van der Waals surface area (Å²) in [6.07, 6.45) is 7.05. The van der Waals surface area contributed by atoms with Gasteiger partial charge in [0, 0.05) is 37.4 Å². The zero-order chi connectivity index (χ0) is 19.7. The third-order valence-corrected chi connectivity index (χ3v) is 5.19. The van der Waals surface area contributed by atoms with E-state index in [2.05, 4.69) is 29.4 Å². The zero-order valence-electron chi connectivity index (χ0n) is 16.9. The Morgan fingerprint density at radius 2 is 2.21 bits per heavy atom. The SMILES string of the molecule is CCCn1ncc2c(C(=O)NC[C@@H](C)Cn3ccc(C)n3)cc(C3CC3)nc21. The molecular formula is C21H28N6O. The predicted molar refractivity (Wildman–Crippen MR) is 108 cm³/mol. The van der Waals surface area contributed by atoms with Crippen LogP contribution >= 0.6 is 0 Å². The molecule has 3 aromatic heterocycles. The van der Waals surface area contributed by atoms with Crippen LogP contribution in [0.5, 0.6) is 0 Å². The van der Waals surface area contributed by atoms with E-state index >= 15 is 0 Å². The Morgan fingerprint density at radius 1 is 1.39 bits per heavy atom. The fraction of sp³-hybridized carbons (Fsp3) is 0.524. The van der Waals surface area contributed by atoms with Crippen molar-refractivity contribution in [1.82, 2.24) is 29.9 Å². The molecule has 0 spiro atoms. The van der Waals surface area contributed by atoms with Gasteiger partial charge in [-0.25, -0.2) is 9.67 Å². The van der Waals surface area contributed by atoms with Crippen molar-refractivity contribution < 1.29 is 4.79 Å². The van der Waals surface area contributed by atoms with Crippen LogP contribution in [0.1, 0.15) is 60.8 Å². The lowest BCUT2D eigenvalue weighted by Crippen LogP contribution is -2.30. The topological polar surface area (TPSA) is 77.6 Å². The molecule has 0 radical (unpaired) electrons. The van der Waals surface area contributed by atoms with E-state index in [4.69, 9.17) is 4.98 Å². The first-order valence-electron chi connectivity index (χ1n) is 10.2. The van der Waals surface area contributed by atoms with Gasteiger partial charge in [0.05, 0.1) is 22.8 Å². The van der Waals surface area contributed by atoms with Gasteiger partial charge in [0.25, 0.3) is 5.91 Å². The number of aryl methyl sites for hydroxylation is 2. The molecule has 1 aliphatic carbocycles. The Hall–Kier alpha value is -2.70. The van der Waals surface area contributed by atoms with E-state index in [1.165, 1.54) is 0 Å². The van der Waals surface area contributed by atoms with Gasteiger partial charge in [-0.05, 0) is 44.2 Å². The number of hydrogen-bond acceptors (Lipinski definition) is 4. The molecule has 0 aromatic carbocycles. The summed E-state index contributed by atoms with van der Waals surface area (Å²) in [6, 6.07) is 3.96. The molecule has 3 heterocycles. The average Bonchev–Trinajstić information content (AvgIpc) is 3.34. The van der Waals surface area contributed by atoms with E-state index in [0.29, 0.717) is 18.0 Å². The highest BCUT2D eigenvalue weighted by atomic mass is 16.1. The molecule has 0 unspecified atom stereocenters. The largest absolute Gasteiger partial charge is 0.352 e. The van der Waals surface area contributed by atoms with Crippen LogP contribution in [-0.4, -0.2) is 37.0 Å². The molecule has 3 aromatic rings. The van der Waals surface area contributed by atoms with E-state index < -0.39 is 0 Å². The second-order valence-electron chi connectivity index (χ2n) is 7.97. The van der Waals surface area contributed by atoms with Crippen LogP contribution in [0.4, 0.5) is 0 Å². The van der Waals surface area contributed by atoms with E-state index in [0.717, 1.165) is 54.8 Å². The molecule has 1 fully saturated rings. The third-order valence-electron chi connectivity index (χ3n) is 5.19. The zero-order valence-corrected chi connectivity index (χ0v) is 16.9. The van der Waals surface area contributed by atoms with Gasteiger partial charge in [0.1, 0.15) is 0 Å². The third kappa shape index (κ3) is 3.93. The quantitative estimate of drug-likeness (QED) is 0.650. The lowest BCUT2D eigenvalue weighted by Gasteiger charge is -2.14. The van der Waals surface area contributed by atoms with Crippen molar-refractivity contribution in [2.45, 2.75) is 59.0 Å². The van der Waals surface area contributed by atoms with Crippen LogP contribution in [0.15, 0.2) is 24.5 Å². The Bertz CT molecular complexity index is 984. The molecule has 1 N–H and O–H groups in total. The molecule has 7 heteroatoms. The summed E-state index contributed by atoms with van der Waals surface area (Å²) in [5.41, 5.74) is 3.55. The Balaban J connectivity index is 1.51.